The van der Waals surface area contributed by atoms with Gasteiger partial charge in [-0.15, -0.1) is 0 Å². The van der Waals surface area contributed by atoms with E-state index in [0.29, 0.717) is 38.0 Å². The molecule has 0 saturated carbocycles. The van der Waals surface area contributed by atoms with Gasteiger partial charge in [0.1, 0.15) is 5.82 Å². The largest absolute Gasteiger partial charge is 0.326 e. The zero-order valence-corrected chi connectivity index (χ0v) is 18.7. The van der Waals surface area contributed by atoms with E-state index in [1.165, 1.54) is 35.5 Å². The number of hydrogen-bond acceptors (Lipinski definition) is 4. The Morgan fingerprint density at radius 2 is 1.91 bits per heavy atom. The predicted octanol–water partition coefficient (Wildman–Crippen LogP) is 3.16. The lowest BCUT2D eigenvalue weighted by molar-refractivity contribution is -0.121. The number of hydrogen-bond donors (Lipinski definition) is 1. The summed E-state index contributed by atoms with van der Waals surface area (Å²) in [7, 11) is -3.79. The first kappa shape index (κ1) is 22.4. The number of amides is 2. The maximum Gasteiger partial charge on any atom is 0.243 e. The minimum absolute atomic E-state index is 0.0651. The van der Waals surface area contributed by atoms with Crippen LogP contribution >= 0.6 is 0 Å². The molecule has 2 aromatic carbocycles. The Hall–Kier alpha value is -2.78. The second-order valence-electron chi connectivity index (χ2n) is 8.27. The van der Waals surface area contributed by atoms with Crippen LogP contribution in [-0.4, -0.2) is 44.2 Å². The van der Waals surface area contributed by atoms with Gasteiger partial charge in [0.05, 0.1) is 10.8 Å². The van der Waals surface area contributed by atoms with Gasteiger partial charge in [-0.25, -0.2) is 12.8 Å². The molecule has 2 aliphatic heterocycles. The maximum atomic E-state index is 13.4. The van der Waals surface area contributed by atoms with Crippen molar-refractivity contribution in [2.75, 3.05) is 29.9 Å². The summed E-state index contributed by atoms with van der Waals surface area (Å²) >= 11 is 0. The molecular weight excluding hydrogens is 433 g/mol. The normalized spacial score (nSPS) is 19.3. The van der Waals surface area contributed by atoms with E-state index in [1.807, 2.05) is 0 Å². The minimum Gasteiger partial charge on any atom is -0.326 e. The van der Waals surface area contributed by atoms with Gasteiger partial charge in [-0.2, -0.15) is 4.31 Å². The Balaban J connectivity index is 1.51. The summed E-state index contributed by atoms with van der Waals surface area (Å²) in [6.07, 6.45) is 2.61. The van der Waals surface area contributed by atoms with Crippen LogP contribution in [0.15, 0.2) is 47.4 Å². The fraction of sp³-hybridized carbons (Fsp3) is 0.391. The van der Waals surface area contributed by atoms with Crippen molar-refractivity contribution in [3.05, 3.63) is 53.8 Å². The smallest absolute Gasteiger partial charge is 0.243 e. The number of aryl methyl sites for hydroxylation is 1. The molecule has 0 unspecified atom stereocenters. The fourth-order valence-corrected chi connectivity index (χ4v) is 5.97. The zero-order chi connectivity index (χ0) is 22.9. The Morgan fingerprint density at radius 3 is 2.66 bits per heavy atom. The summed E-state index contributed by atoms with van der Waals surface area (Å²) in [5, 5.41) is 2.68. The summed E-state index contributed by atoms with van der Waals surface area (Å²) in [6, 6.07) is 10.5. The molecule has 2 heterocycles. The van der Waals surface area contributed by atoms with Crippen LogP contribution in [0.5, 0.6) is 0 Å². The maximum absolute atomic E-state index is 13.4. The van der Waals surface area contributed by atoms with Crippen LogP contribution < -0.4 is 10.2 Å². The quantitative estimate of drug-likeness (QED) is 0.761. The lowest BCUT2D eigenvalue weighted by atomic mass is 9.99. The highest BCUT2D eigenvalue weighted by Gasteiger charge is 2.34. The number of anilines is 2. The van der Waals surface area contributed by atoms with Gasteiger partial charge in [-0.1, -0.05) is 6.07 Å². The van der Waals surface area contributed by atoms with Gasteiger partial charge in [-0.3, -0.25) is 9.59 Å². The van der Waals surface area contributed by atoms with E-state index in [0.717, 1.165) is 17.7 Å². The second-order valence-corrected chi connectivity index (χ2v) is 10.2. The third-order valence-electron chi connectivity index (χ3n) is 6.03. The summed E-state index contributed by atoms with van der Waals surface area (Å²) in [5.74, 6) is -1.36. The molecule has 1 atom stereocenters. The SMILES string of the molecule is CC(=O)N1CCCc2cc(S(=O)(=O)N3CCC[C@@H](C(=O)Nc4cccc(F)c4)C3)ccc21. The standard InChI is InChI=1S/C23H26FN3O4S/c1-16(28)27-12-4-5-17-13-21(9-10-22(17)27)32(30,31)26-11-3-6-18(15-26)23(29)25-20-8-2-7-19(24)14-20/h2,7-10,13-14,18H,3-6,11-12,15H2,1H3,(H,25,29)/t18-/m1/s1. The van der Waals surface area contributed by atoms with E-state index in [4.69, 9.17) is 0 Å². The molecule has 0 bridgehead atoms. The number of benzene rings is 2. The van der Waals surface area contributed by atoms with Crippen molar-refractivity contribution in [1.29, 1.82) is 0 Å². The van der Waals surface area contributed by atoms with E-state index in [-0.39, 0.29) is 23.3 Å². The average Bonchev–Trinajstić information content (AvgIpc) is 2.78. The van der Waals surface area contributed by atoms with Gasteiger partial charge in [0, 0.05) is 37.9 Å². The first-order valence-electron chi connectivity index (χ1n) is 10.7. The Kier molecular flexibility index (Phi) is 6.30. The second kappa shape index (κ2) is 8.99. The molecule has 0 spiro atoms. The van der Waals surface area contributed by atoms with Crippen LogP contribution in [-0.2, 0) is 26.0 Å². The van der Waals surface area contributed by atoms with Crippen LogP contribution in [0.1, 0.15) is 31.7 Å². The summed E-state index contributed by atoms with van der Waals surface area (Å²) in [6.45, 7) is 2.54. The fourth-order valence-electron chi connectivity index (χ4n) is 4.40. The third kappa shape index (κ3) is 4.54. The van der Waals surface area contributed by atoms with Gasteiger partial charge in [0.25, 0.3) is 0 Å². The summed E-state index contributed by atoms with van der Waals surface area (Å²) < 4.78 is 41.4. The van der Waals surface area contributed by atoms with Crippen LogP contribution in [0.25, 0.3) is 0 Å². The summed E-state index contributed by atoms with van der Waals surface area (Å²) in [5.41, 5.74) is 1.94. The predicted molar refractivity (Wildman–Crippen MR) is 119 cm³/mol. The number of sulfonamides is 1. The van der Waals surface area contributed by atoms with E-state index in [9.17, 15) is 22.4 Å². The van der Waals surface area contributed by atoms with Crippen molar-refractivity contribution in [2.45, 2.75) is 37.5 Å². The Morgan fingerprint density at radius 1 is 1.09 bits per heavy atom. The molecule has 0 aromatic heterocycles. The average molecular weight is 460 g/mol. The lowest BCUT2D eigenvalue weighted by Crippen LogP contribution is -2.43. The van der Waals surface area contributed by atoms with E-state index in [1.54, 1.807) is 23.1 Å². The van der Waals surface area contributed by atoms with Crippen molar-refractivity contribution in [3.8, 4) is 0 Å². The van der Waals surface area contributed by atoms with Crippen molar-refractivity contribution >= 4 is 33.2 Å². The Labute approximate surface area is 187 Å². The molecule has 32 heavy (non-hydrogen) atoms. The first-order valence-corrected chi connectivity index (χ1v) is 12.2. The monoisotopic (exact) mass is 459 g/mol. The molecule has 2 aliphatic rings. The third-order valence-corrected chi connectivity index (χ3v) is 7.90. The number of rotatable bonds is 4. The van der Waals surface area contributed by atoms with Gasteiger partial charge >= 0.3 is 0 Å². The molecule has 170 valence electrons. The van der Waals surface area contributed by atoms with Crippen molar-refractivity contribution in [2.24, 2.45) is 5.92 Å². The van der Waals surface area contributed by atoms with Gasteiger partial charge in [0.2, 0.25) is 21.8 Å². The molecule has 4 rings (SSSR count). The molecular formula is C23H26FN3O4S. The molecule has 1 fully saturated rings. The van der Waals surface area contributed by atoms with E-state index < -0.39 is 21.8 Å². The molecule has 0 aliphatic carbocycles. The number of nitrogens with one attached hydrogen (secondary N) is 1. The lowest BCUT2D eigenvalue weighted by Gasteiger charge is -2.32. The van der Waals surface area contributed by atoms with Crippen molar-refractivity contribution < 1.29 is 22.4 Å². The zero-order valence-electron chi connectivity index (χ0n) is 17.9. The van der Waals surface area contributed by atoms with Gasteiger partial charge < -0.3 is 10.2 Å². The molecule has 2 amide bonds. The van der Waals surface area contributed by atoms with E-state index >= 15 is 0 Å². The minimum atomic E-state index is -3.79. The van der Waals surface area contributed by atoms with Crippen LogP contribution in [0, 0.1) is 11.7 Å². The van der Waals surface area contributed by atoms with Crippen LogP contribution in [0.2, 0.25) is 0 Å². The van der Waals surface area contributed by atoms with Crippen molar-refractivity contribution in [1.82, 2.24) is 4.31 Å². The van der Waals surface area contributed by atoms with Crippen molar-refractivity contribution in [3.63, 3.8) is 0 Å². The first-order chi connectivity index (χ1) is 15.3. The molecule has 9 heteroatoms. The number of fused-ring (bicyclic) bond motifs is 1. The molecule has 0 radical (unpaired) electrons. The molecule has 7 nitrogen and oxygen atoms in total. The number of carbonyl (C=O) groups is 2. The van der Waals surface area contributed by atoms with Crippen LogP contribution in [0.4, 0.5) is 15.8 Å². The van der Waals surface area contributed by atoms with Crippen LogP contribution in [0.3, 0.4) is 0 Å². The highest BCUT2D eigenvalue weighted by atomic mass is 32.2. The van der Waals surface area contributed by atoms with E-state index in [2.05, 4.69) is 5.32 Å². The number of piperidine rings is 1. The Bertz CT molecular complexity index is 1150. The number of halogens is 1. The summed E-state index contributed by atoms with van der Waals surface area (Å²) in [4.78, 5) is 26.4. The molecule has 2 aromatic rings. The topological polar surface area (TPSA) is 86.8 Å². The molecule has 1 saturated heterocycles. The van der Waals surface area contributed by atoms with Gasteiger partial charge in [0.15, 0.2) is 0 Å². The highest BCUT2D eigenvalue weighted by molar-refractivity contribution is 7.89. The number of nitrogens with zero attached hydrogens (tertiary/aromatic N) is 2. The number of carbonyl (C=O) groups excluding carboxylic acids is 2. The molecule has 1 N–H and O–H groups in total. The highest BCUT2D eigenvalue weighted by Crippen LogP contribution is 2.32. The van der Waals surface area contributed by atoms with Gasteiger partial charge in [-0.05, 0) is 67.6 Å².